The normalized spacial score (nSPS) is 23.2. The number of rotatable bonds is 5. The van der Waals surface area contributed by atoms with E-state index in [4.69, 9.17) is 9.47 Å². The molecule has 4 rings (SSSR count). The number of hydrogen-bond acceptors (Lipinski definition) is 6. The van der Waals surface area contributed by atoms with Gasteiger partial charge in [0.15, 0.2) is 11.5 Å². The Kier molecular flexibility index (Phi) is 6.00. The Labute approximate surface area is 181 Å². The van der Waals surface area contributed by atoms with Crippen molar-refractivity contribution in [1.29, 1.82) is 0 Å². The molecule has 1 saturated carbocycles. The summed E-state index contributed by atoms with van der Waals surface area (Å²) in [7, 11) is 3.12. The van der Waals surface area contributed by atoms with Crippen LogP contribution in [0, 0.1) is 5.92 Å². The van der Waals surface area contributed by atoms with E-state index < -0.39 is 5.60 Å². The number of amides is 1. The van der Waals surface area contributed by atoms with Crippen LogP contribution >= 0.6 is 0 Å². The second-order valence-electron chi connectivity index (χ2n) is 8.42. The Balaban J connectivity index is 1.52. The summed E-state index contributed by atoms with van der Waals surface area (Å²) in [6.07, 6.45) is 4.48. The van der Waals surface area contributed by atoms with E-state index >= 15 is 0 Å². The van der Waals surface area contributed by atoms with Crippen molar-refractivity contribution in [2.45, 2.75) is 44.2 Å². The van der Waals surface area contributed by atoms with E-state index in [0.29, 0.717) is 36.7 Å². The minimum atomic E-state index is -0.641. The second-order valence-corrected chi connectivity index (χ2v) is 8.42. The van der Waals surface area contributed by atoms with Gasteiger partial charge >= 0.3 is 0 Å². The molecular weight excluding hydrogens is 398 g/mol. The molecule has 31 heavy (non-hydrogen) atoms. The van der Waals surface area contributed by atoms with Crippen LogP contribution in [0.1, 0.15) is 32.1 Å². The summed E-state index contributed by atoms with van der Waals surface area (Å²) in [6, 6.07) is 8.44. The fourth-order valence-electron chi connectivity index (χ4n) is 4.74. The molecule has 0 spiro atoms. The van der Waals surface area contributed by atoms with Crippen molar-refractivity contribution < 1.29 is 19.4 Å². The number of piperidine rings is 1. The van der Waals surface area contributed by atoms with Crippen LogP contribution in [0.3, 0.4) is 0 Å². The number of aromatic nitrogens is 2. The van der Waals surface area contributed by atoms with Gasteiger partial charge in [-0.2, -0.15) is 5.10 Å². The molecule has 1 aromatic carbocycles. The van der Waals surface area contributed by atoms with Crippen LogP contribution in [0.4, 0.5) is 0 Å². The van der Waals surface area contributed by atoms with Gasteiger partial charge < -0.3 is 19.5 Å². The van der Waals surface area contributed by atoms with Crippen LogP contribution in [0.2, 0.25) is 0 Å². The van der Waals surface area contributed by atoms with Crippen molar-refractivity contribution in [3.05, 3.63) is 40.7 Å². The third-order valence-corrected chi connectivity index (χ3v) is 6.61. The summed E-state index contributed by atoms with van der Waals surface area (Å²) in [4.78, 5) is 27.1. The van der Waals surface area contributed by atoms with Crippen molar-refractivity contribution in [2.75, 3.05) is 27.3 Å². The van der Waals surface area contributed by atoms with Crippen molar-refractivity contribution >= 4 is 5.91 Å². The van der Waals surface area contributed by atoms with E-state index in [1.807, 2.05) is 6.07 Å². The first-order valence-corrected chi connectivity index (χ1v) is 10.7. The lowest BCUT2D eigenvalue weighted by molar-refractivity contribution is -0.144. The number of nitrogens with zero attached hydrogens (tertiary/aromatic N) is 3. The fraction of sp³-hybridized carbons (Fsp3) is 0.522. The topological polar surface area (TPSA) is 93.9 Å². The molecule has 8 heteroatoms. The van der Waals surface area contributed by atoms with Crippen molar-refractivity contribution in [3.63, 3.8) is 0 Å². The van der Waals surface area contributed by atoms with Gasteiger partial charge in [0.25, 0.3) is 5.56 Å². The molecule has 0 unspecified atom stereocenters. The molecule has 1 aliphatic heterocycles. The van der Waals surface area contributed by atoms with Crippen molar-refractivity contribution in [3.8, 4) is 22.8 Å². The number of methoxy groups -OCH3 is 2. The molecule has 1 aliphatic carbocycles. The summed E-state index contributed by atoms with van der Waals surface area (Å²) in [6.45, 7) is 0.931. The number of carbonyl (C=O) groups excluding carboxylic acids is 1. The van der Waals surface area contributed by atoms with Crippen LogP contribution in [-0.4, -0.2) is 58.6 Å². The van der Waals surface area contributed by atoms with E-state index in [-0.39, 0.29) is 23.9 Å². The van der Waals surface area contributed by atoms with Crippen molar-refractivity contribution in [1.82, 2.24) is 14.7 Å². The number of aliphatic hydroxyl groups is 1. The summed E-state index contributed by atoms with van der Waals surface area (Å²) in [5.74, 6) is 1.12. The smallest absolute Gasteiger partial charge is 0.267 e. The Morgan fingerprint density at radius 1 is 1.16 bits per heavy atom. The first kappa shape index (κ1) is 21.4. The number of benzene rings is 1. The second kappa shape index (κ2) is 8.70. The third-order valence-electron chi connectivity index (χ3n) is 6.61. The molecule has 0 radical (unpaired) electrons. The highest BCUT2D eigenvalue weighted by Crippen LogP contribution is 2.39. The highest BCUT2D eigenvalue weighted by Gasteiger charge is 2.43. The lowest BCUT2D eigenvalue weighted by Crippen LogP contribution is -2.55. The molecule has 2 heterocycles. The Bertz CT molecular complexity index is 1020. The van der Waals surface area contributed by atoms with Gasteiger partial charge in [0.2, 0.25) is 5.91 Å². The van der Waals surface area contributed by atoms with Gasteiger partial charge in [-0.25, -0.2) is 4.68 Å². The quantitative estimate of drug-likeness (QED) is 0.785. The van der Waals surface area contributed by atoms with Gasteiger partial charge in [0.05, 0.1) is 25.5 Å². The molecule has 1 saturated heterocycles. The van der Waals surface area contributed by atoms with Crippen LogP contribution in [0.25, 0.3) is 11.3 Å². The Morgan fingerprint density at radius 2 is 1.97 bits per heavy atom. The zero-order valence-corrected chi connectivity index (χ0v) is 18.0. The highest BCUT2D eigenvalue weighted by molar-refractivity contribution is 5.76. The van der Waals surface area contributed by atoms with E-state index in [2.05, 4.69) is 5.10 Å². The molecule has 166 valence electrons. The molecular formula is C23H29N3O5. The minimum Gasteiger partial charge on any atom is -0.493 e. The lowest BCUT2D eigenvalue weighted by atomic mass is 9.71. The molecule has 2 atom stereocenters. The standard InChI is InChI=1S/C23H29N3O5/c1-30-19-8-6-16(13-20(19)31-2)18-7-9-21(27)26(24-18)15-22(28)25-12-11-23(29)10-4-3-5-17(23)14-25/h6-9,13,17,29H,3-5,10-12,14-15H2,1-2H3/t17-,23-/m0/s1. The SMILES string of the molecule is COc1ccc(-c2ccc(=O)n(CC(=O)N3CC[C@@]4(O)CCCC[C@H]4C3)n2)cc1OC. The summed E-state index contributed by atoms with van der Waals surface area (Å²) >= 11 is 0. The fourth-order valence-corrected chi connectivity index (χ4v) is 4.74. The monoisotopic (exact) mass is 427 g/mol. The molecule has 0 bridgehead atoms. The number of fused-ring (bicyclic) bond motifs is 1. The van der Waals surface area contributed by atoms with Gasteiger partial charge in [-0.05, 0) is 43.5 Å². The summed E-state index contributed by atoms with van der Waals surface area (Å²) in [5.41, 5.74) is 0.346. The van der Waals surface area contributed by atoms with Crippen LogP contribution < -0.4 is 15.0 Å². The average Bonchev–Trinajstić information content (AvgIpc) is 2.79. The van der Waals surface area contributed by atoms with Gasteiger partial charge in [-0.1, -0.05) is 12.8 Å². The largest absolute Gasteiger partial charge is 0.493 e. The van der Waals surface area contributed by atoms with Crippen LogP contribution in [-0.2, 0) is 11.3 Å². The number of hydrogen-bond donors (Lipinski definition) is 1. The van der Waals surface area contributed by atoms with Gasteiger partial charge in [0.1, 0.15) is 6.54 Å². The zero-order valence-electron chi connectivity index (χ0n) is 18.0. The lowest BCUT2D eigenvalue weighted by Gasteiger charge is -2.47. The number of ether oxygens (including phenoxy) is 2. The predicted molar refractivity (Wildman–Crippen MR) is 115 cm³/mol. The summed E-state index contributed by atoms with van der Waals surface area (Å²) in [5, 5.41) is 15.3. The van der Waals surface area contributed by atoms with E-state index in [9.17, 15) is 14.7 Å². The Morgan fingerprint density at radius 3 is 2.74 bits per heavy atom. The van der Waals surface area contributed by atoms with Crippen LogP contribution in [0.15, 0.2) is 35.1 Å². The molecule has 8 nitrogen and oxygen atoms in total. The molecule has 2 aliphatic rings. The number of carbonyl (C=O) groups is 1. The van der Waals surface area contributed by atoms with Crippen LogP contribution in [0.5, 0.6) is 11.5 Å². The average molecular weight is 428 g/mol. The molecule has 1 N–H and O–H groups in total. The predicted octanol–water partition coefficient (Wildman–Crippen LogP) is 2.08. The van der Waals surface area contributed by atoms with E-state index in [0.717, 1.165) is 31.2 Å². The Hall–Kier alpha value is -2.87. The van der Waals surface area contributed by atoms with E-state index in [1.54, 1.807) is 37.3 Å². The zero-order chi connectivity index (χ0) is 22.0. The van der Waals surface area contributed by atoms with Gasteiger partial charge in [0, 0.05) is 30.6 Å². The number of likely N-dealkylation sites (tertiary alicyclic amines) is 1. The maximum atomic E-state index is 12.9. The molecule has 1 aromatic heterocycles. The summed E-state index contributed by atoms with van der Waals surface area (Å²) < 4.78 is 11.8. The van der Waals surface area contributed by atoms with Gasteiger partial charge in [-0.3, -0.25) is 9.59 Å². The molecule has 2 aromatic rings. The van der Waals surface area contributed by atoms with Crippen molar-refractivity contribution in [2.24, 2.45) is 5.92 Å². The third kappa shape index (κ3) is 4.30. The molecule has 1 amide bonds. The van der Waals surface area contributed by atoms with E-state index in [1.165, 1.54) is 10.7 Å². The maximum Gasteiger partial charge on any atom is 0.267 e. The first-order chi connectivity index (χ1) is 14.9. The van der Waals surface area contributed by atoms with Gasteiger partial charge in [-0.15, -0.1) is 0 Å². The first-order valence-electron chi connectivity index (χ1n) is 10.7. The minimum absolute atomic E-state index is 0.113. The molecule has 2 fully saturated rings. The highest BCUT2D eigenvalue weighted by atomic mass is 16.5. The maximum absolute atomic E-state index is 12.9.